The molecule has 0 aliphatic rings. The summed E-state index contributed by atoms with van der Waals surface area (Å²) in [6, 6.07) is 0. The van der Waals surface area contributed by atoms with E-state index in [-0.39, 0.29) is 4.20 Å². The fourth-order valence-corrected chi connectivity index (χ4v) is 2.87. The molecule has 1 atom stereocenters. The van der Waals surface area contributed by atoms with E-state index >= 15 is 0 Å². The fourth-order valence-electron chi connectivity index (χ4n) is 2.35. The Kier molecular flexibility index (Phi) is 19.0. The van der Waals surface area contributed by atoms with Gasteiger partial charge in [-0.1, -0.05) is 19.8 Å². The number of unbranched alkanes of at least 4 members (excludes halogenated alkanes) is 11. The Balaban J connectivity index is 0. The van der Waals surface area contributed by atoms with E-state index in [0.29, 0.717) is 0 Å². The molecule has 0 aliphatic heterocycles. The van der Waals surface area contributed by atoms with Gasteiger partial charge in [-0.15, -0.1) is 0 Å². The number of hydrogen-bond donors (Lipinski definition) is 4. The van der Waals surface area contributed by atoms with Crippen LogP contribution < -0.4 is 0 Å². The zero-order valence-electron chi connectivity index (χ0n) is 15.0. The molecule has 0 spiro atoms. The number of rotatable bonds is 13. The smallest absolute Gasteiger partial charge is 0.319 e. The topological polar surface area (TPSA) is 80.9 Å². The Morgan fingerprint density at radius 2 is 1.04 bits per heavy atom. The summed E-state index contributed by atoms with van der Waals surface area (Å²) in [5, 5.41) is 9.63. The average Bonchev–Trinajstić information content (AvgIpc) is 2.37. The van der Waals surface area contributed by atoms with Gasteiger partial charge in [0.15, 0.2) is 0 Å². The van der Waals surface area contributed by atoms with Crippen LogP contribution in [0.4, 0.5) is 0 Å². The van der Waals surface area contributed by atoms with Crippen molar-refractivity contribution in [1.82, 2.24) is 0 Å². The van der Waals surface area contributed by atoms with Crippen LogP contribution in [0.2, 0.25) is 0 Å². The SMILES string of the molecule is CCCCCCCCCCCCCC[C](C)(O)[Zn].OP(O)(O)=S. The van der Waals surface area contributed by atoms with Gasteiger partial charge in [-0.3, -0.25) is 0 Å². The first kappa shape index (κ1) is 26.3. The predicted molar refractivity (Wildman–Crippen MR) is 97.3 cm³/mol. The van der Waals surface area contributed by atoms with Gasteiger partial charge >= 0.3 is 112 Å². The van der Waals surface area contributed by atoms with Gasteiger partial charge in [0.05, 0.1) is 0 Å². The summed E-state index contributed by atoms with van der Waals surface area (Å²) in [7, 11) is 0. The second-order valence-electron chi connectivity index (χ2n) is 6.65. The summed E-state index contributed by atoms with van der Waals surface area (Å²) in [6.45, 7) is 0.436. The molecule has 0 radical (unpaired) electrons. The third-order valence-electron chi connectivity index (χ3n) is 3.57. The summed E-state index contributed by atoms with van der Waals surface area (Å²) in [4.78, 5) is 22.7. The maximum Gasteiger partial charge on any atom is 0.319 e. The quantitative estimate of drug-likeness (QED) is 0.200. The van der Waals surface area contributed by atoms with Crippen LogP contribution in [0.3, 0.4) is 0 Å². The van der Waals surface area contributed by atoms with E-state index < -0.39 is 6.72 Å². The van der Waals surface area contributed by atoms with Crippen molar-refractivity contribution < 1.29 is 38.1 Å². The molecule has 0 heterocycles. The Labute approximate surface area is 158 Å². The molecule has 4 N–H and O–H groups in total. The Hall–Kier alpha value is 1.11. The van der Waals surface area contributed by atoms with Crippen molar-refractivity contribution in [2.75, 3.05) is 0 Å². The van der Waals surface area contributed by atoms with E-state index in [9.17, 15) is 5.11 Å². The molecule has 0 saturated heterocycles. The zero-order valence-corrected chi connectivity index (χ0v) is 19.7. The molecule has 0 aromatic heterocycles. The van der Waals surface area contributed by atoms with Gasteiger partial charge < -0.3 is 14.7 Å². The van der Waals surface area contributed by atoms with E-state index in [1.165, 1.54) is 77.0 Å². The maximum atomic E-state index is 9.63. The molecule has 1 unspecified atom stereocenters. The molecule has 0 bridgehead atoms. The van der Waals surface area contributed by atoms with Crippen LogP contribution in [-0.4, -0.2) is 24.0 Å². The number of aliphatic hydroxyl groups is 1. The van der Waals surface area contributed by atoms with Crippen molar-refractivity contribution >= 4 is 18.5 Å². The first-order valence-corrected chi connectivity index (χ1v) is 13.1. The van der Waals surface area contributed by atoms with Crippen LogP contribution >= 0.6 is 6.72 Å². The molecule has 7 heteroatoms. The van der Waals surface area contributed by atoms with Gasteiger partial charge in [-0.25, -0.2) is 0 Å². The summed E-state index contributed by atoms with van der Waals surface area (Å²) in [5.74, 6) is 0. The summed E-state index contributed by atoms with van der Waals surface area (Å²) in [5.41, 5.74) is 0. The molecule has 23 heavy (non-hydrogen) atoms. The fraction of sp³-hybridized carbons (Fsp3) is 1.00. The molecule has 0 aromatic rings. The van der Waals surface area contributed by atoms with Crippen LogP contribution in [0, 0.1) is 0 Å². The van der Waals surface area contributed by atoms with Crippen LogP contribution in [0.5, 0.6) is 0 Å². The van der Waals surface area contributed by atoms with Crippen LogP contribution in [0.15, 0.2) is 0 Å². The summed E-state index contributed by atoms with van der Waals surface area (Å²) < 4.78 is -0.335. The maximum absolute atomic E-state index is 9.63. The molecule has 0 fully saturated rings. The molecule has 137 valence electrons. The standard InChI is InChI=1S/C16H33O.H3O3PS.Zn/c1-3-4-5-6-7-8-9-10-11-12-13-14-15-16(2)17;1-4(2,3)5;/h17H,3-15H2,1-2H3;(H3,1,2,3,5);. The molecule has 0 aromatic carbocycles. The van der Waals surface area contributed by atoms with Crippen molar-refractivity contribution in [3.63, 3.8) is 0 Å². The molecular weight excluding hydrogens is 385 g/mol. The van der Waals surface area contributed by atoms with Crippen LogP contribution in [0.1, 0.15) is 97.3 Å². The van der Waals surface area contributed by atoms with Crippen LogP contribution in [0.25, 0.3) is 0 Å². The average molecular weight is 421 g/mol. The normalized spacial score (nSPS) is 14.1. The van der Waals surface area contributed by atoms with Crippen molar-refractivity contribution in [3.05, 3.63) is 0 Å². The third-order valence-corrected chi connectivity index (χ3v) is 4.31. The predicted octanol–water partition coefficient (Wildman–Crippen LogP) is 4.52. The van der Waals surface area contributed by atoms with Gasteiger partial charge in [0.25, 0.3) is 0 Å². The molecule has 0 rings (SSSR count). The summed E-state index contributed by atoms with van der Waals surface area (Å²) in [6.07, 6.45) is 17.7. The second kappa shape index (κ2) is 16.6. The monoisotopic (exact) mass is 419 g/mol. The van der Waals surface area contributed by atoms with E-state index in [0.717, 1.165) is 24.7 Å². The minimum absolute atomic E-state index is 0.335. The molecule has 0 aliphatic carbocycles. The van der Waals surface area contributed by atoms with Crippen molar-refractivity contribution in [2.24, 2.45) is 0 Å². The first-order chi connectivity index (χ1) is 10.6. The number of hydrogen-bond acceptors (Lipinski definition) is 2. The van der Waals surface area contributed by atoms with E-state index in [4.69, 9.17) is 14.7 Å². The molecule has 4 nitrogen and oxygen atoms in total. The van der Waals surface area contributed by atoms with Crippen molar-refractivity contribution in [2.45, 2.75) is 102 Å². The van der Waals surface area contributed by atoms with Gasteiger partial charge in [-0.05, 0) is 11.8 Å². The minimum Gasteiger partial charge on any atom is -0.325 e. The van der Waals surface area contributed by atoms with E-state index in [1.54, 1.807) is 0 Å². The van der Waals surface area contributed by atoms with Gasteiger partial charge in [-0.2, -0.15) is 0 Å². The van der Waals surface area contributed by atoms with Crippen molar-refractivity contribution in [3.8, 4) is 0 Å². The van der Waals surface area contributed by atoms with Gasteiger partial charge in [0.1, 0.15) is 0 Å². The first-order valence-electron chi connectivity index (χ1n) is 8.92. The Morgan fingerprint density at radius 1 is 0.783 bits per heavy atom. The van der Waals surface area contributed by atoms with E-state index in [1.807, 2.05) is 6.92 Å². The Bertz CT molecular complexity index is 284. The second-order valence-corrected chi connectivity index (χ2v) is 12.3. The van der Waals surface area contributed by atoms with E-state index in [2.05, 4.69) is 18.7 Å². The van der Waals surface area contributed by atoms with Crippen LogP contribution in [-0.2, 0) is 30.1 Å². The molecular formula is C16H36O4PSZn. The van der Waals surface area contributed by atoms with Crippen molar-refractivity contribution in [1.29, 1.82) is 0 Å². The molecule has 0 saturated carbocycles. The third kappa shape index (κ3) is 39.7. The van der Waals surface area contributed by atoms with Gasteiger partial charge in [0, 0.05) is 0 Å². The zero-order chi connectivity index (χ0) is 18.2. The molecule has 0 amide bonds. The van der Waals surface area contributed by atoms with Gasteiger partial charge in [0.2, 0.25) is 0 Å². The minimum atomic E-state index is -3.81. The largest absolute Gasteiger partial charge is 0.325 e. The summed E-state index contributed by atoms with van der Waals surface area (Å²) >= 11 is 4.61. The Morgan fingerprint density at radius 3 is 1.30 bits per heavy atom.